The fraction of sp³-hybridized carbons (Fsp3) is 0.368. The predicted molar refractivity (Wildman–Crippen MR) is 108 cm³/mol. The molecule has 0 aliphatic heterocycles. The Morgan fingerprint density at radius 2 is 2.00 bits per heavy atom. The van der Waals surface area contributed by atoms with E-state index in [9.17, 15) is 15.2 Å². The number of fused-ring (bicyclic) bond motifs is 1. The number of nitro groups is 1. The number of benzene rings is 1. The molecule has 2 aromatic heterocycles. The third-order valence-corrected chi connectivity index (χ3v) is 5.21. The van der Waals surface area contributed by atoms with Crippen LogP contribution in [-0.4, -0.2) is 49.2 Å². The smallest absolute Gasteiger partial charge is 0.271 e. The summed E-state index contributed by atoms with van der Waals surface area (Å²) in [4.78, 5) is 30.2. The molecule has 10 nitrogen and oxygen atoms in total. The zero-order chi connectivity index (χ0) is 20.4. The summed E-state index contributed by atoms with van der Waals surface area (Å²) in [5.41, 5.74) is 1.63. The number of hydrogen-bond acceptors (Lipinski definition) is 9. The van der Waals surface area contributed by atoms with Crippen LogP contribution in [0.3, 0.4) is 0 Å². The first-order valence-electron chi connectivity index (χ1n) is 9.41. The lowest BCUT2D eigenvalue weighted by molar-refractivity contribution is -0.384. The van der Waals surface area contributed by atoms with Gasteiger partial charge >= 0.3 is 0 Å². The first-order valence-corrected chi connectivity index (χ1v) is 9.41. The van der Waals surface area contributed by atoms with Crippen molar-refractivity contribution in [3.05, 3.63) is 46.9 Å². The third-order valence-electron chi connectivity index (χ3n) is 5.21. The van der Waals surface area contributed by atoms with E-state index < -0.39 is 4.92 Å². The molecule has 150 valence electrons. The molecule has 0 unspecified atom stereocenters. The zero-order valence-corrected chi connectivity index (χ0v) is 15.9. The molecule has 3 aromatic rings. The van der Waals surface area contributed by atoms with Gasteiger partial charge in [-0.2, -0.15) is 0 Å². The van der Waals surface area contributed by atoms with Gasteiger partial charge in [-0.15, -0.1) is 0 Å². The Balaban J connectivity index is 1.64. The van der Waals surface area contributed by atoms with E-state index in [1.54, 1.807) is 18.3 Å². The molecule has 10 heteroatoms. The fourth-order valence-corrected chi connectivity index (χ4v) is 3.55. The molecule has 1 fully saturated rings. The molecule has 2 N–H and O–H groups in total. The minimum absolute atomic E-state index is 0.0112. The molecule has 1 aliphatic carbocycles. The van der Waals surface area contributed by atoms with Gasteiger partial charge in [0.05, 0.1) is 17.2 Å². The predicted octanol–water partition coefficient (Wildman–Crippen LogP) is 2.81. The quantitative estimate of drug-likeness (QED) is 0.494. The molecular weight excluding hydrogens is 374 g/mol. The van der Waals surface area contributed by atoms with Gasteiger partial charge in [0.15, 0.2) is 5.82 Å². The Kier molecular flexibility index (Phi) is 5.17. The maximum atomic E-state index is 11.0. The number of aliphatic hydroxyl groups is 1. The molecule has 1 saturated carbocycles. The average molecular weight is 395 g/mol. The second kappa shape index (κ2) is 7.92. The van der Waals surface area contributed by atoms with Gasteiger partial charge in [0.2, 0.25) is 5.95 Å². The highest BCUT2D eigenvalue weighted by molar-refractivity contribution is 5.87. The average Bonchev–Trinajstić information content (AvgIpc) is 2.74. The molecule has 0 radical (unpaired) electrons. The van der Waals surface area contributed by atoms with Crippen LogP contribution in [0, 0.1) is 10.1 Å². The lowest BCUT2D eigenvalue weighted by atomic mass is 9.92. The van der Waals surface area contributed by atoms with E-state index in [4.69, 9.17) is 0 Å². The second-order valence-corrected chi connectivity index (χ2v) is 7.13. The van der Waals surface area contributed by atoms with Crippen molar-refractivity contribution < 1.29 is 10.0 Å². The number of nitro benzene ring substituents is 1. The number of rotatable bonds is 5. The van der Waals surface area contributed by atoms with Gasteiger partial charge in [-0.1, -0.05) is 6.07 Å². The van der Waals surface area contributed by atoms with Gasteiger partial charge < -0.3 is 15.3 Å². The zero-order valence-electron chi connectivity index (χ0n) is 15.9. The van der Waals surface area contributed by atoms with Crippen LogP contribution in [0.25, 0.3) is 11.0 Å². The van der Waals surface area contributed by atoms with Crippen LogP contribution in [0.2, 0.25) is 0 Å². The maximum absolute atomic E-state index is 11.0. The van der Waals surface area contributed by atoms with E-state index in [1.165, 1.54) is 18.5 Å². The van der Waals surface area contributed by atoms with E-state index >= 15 is 0 Å². The van der Waals surface area contributed by atoms with Crippen LogP contribution in [0.5, 0.6) is 0 Å². The number of hydrogen-bond donors (Lipinski definition) is 2. The van der Waals surface area contributed by atoms with Gasteiger partial charge in [-0.3, -0.25) is 10.1 Å². The highest BCUT2D eigenvalue weighted by Crippen LogP contribution is 2.27. The number of aromatic nitrogens is 4. The van der Waals surface area contributed by atoms with Crippen molar-refractivity contribution in [1.29, 1.82) is 0 Å². The Bertz CT molecular complexity index is 1040. The highest BCUT2D eigenvalue weighted by Gasteiger charge is 2.24. The fourth-order valence-electron chi connectivity index (χ4n) is 3.55. The number of aliphatic hydroxyl groups excluding tert-OH is 1. The van der Waals surface area contributed by atoms with Crippen molar-refractivity contribution >= 4 is 34.2 Å². The first kappa shape index (κ1) is 18.9. The van der Waals surface area contributed by atoms with Crippen LogP contribution < -0.4 is 10.2 Å². The summed E-state index contributed by atoms with van der Waals surface area (Å²) in [5, 5.41) is 23.8. The largest absolute Gasteiger partial charge is 0.393 e. The molecule has 0 amide bonds. The summed E-state index contributed by atoms with van der Waals surface area (Å²) in [7, 11) is 1.95. The molecule has 0 saturated heterocycles. The second-order valence-electron chi connectivity index (χ2n) is 7.13. The molecule has 0 atom stereocenters. The van der Waals surface area contributed by atoms with E-state index in [0.717, 1.165) is 25.7 Å². The summed E-state index contributed by atoms with van der Waals surface area (Å²) >= 11 is 0. The lowest BCUT2D eigenvalue weighted by Gasteiger charge is -2.33. The Morgan fingerprint density at radius 3 is 2.76 bits per heavy atom. The van der Waals surface area contributed by atoms with E-state index in [1.807, 2.05) is 11.9 Å². The topological polar surface area (TPSA) is 130 Å². The summed E-state index contributed by atoms with van der Waals surface area (Å²) in [6, 6.07) is 6.46. The van der Waals surface area contributed by atoms with Crippen LogP contribution >= 0.6 is 0 Å². The molecule has 4 rings (SSSR count). The van der Waals surface area contributed by atoms with Gasteiger partial charge in [-0.25, -0.2) is 19.9 Å². The first-order chi connectivity index (χ1) is 14.0. The van der Waals surface area contributed by atoms with Gasteiger partial charge in [0.25, 0.3) is 5.69 Å². The lowest BCUT2D eigenvalue weighted by Crippen LogP contribution is -2.37. The van der Waals surface area contributed by atoms with E-state index in [-0.39, 0.29) is 17.8 Å². The van der Waals surface area contributed by atoms with Crippen molar-refractivity contribution in [2.75, 3.05) is 17.3 Å². The molecule has 1 aliphatic rings. The minimum atomic E-state index is -0.445. The van der Waals surface area contributed by atoms with Crippen LogP contribution in [0.1, 0.15) is 25.7 Å². The van der Waals surface area contributed by atoms with Crippen molar-refractivity contribution in [3.63, 3.8) is 0 Å². The van der Waals surface area contributed by atoms with Crippen molar-refractivity contribution in [3.8, 4) is 0 Å². The summed E-state index contributed by atoms with van der Waals surface area (Å²) in [6.07, 6.45) is 6.11. The summed E-state index contributed by atoms with van der Waals surface area (Å²) < 4.78 is 0. The summed E-state index contributed by atoms with van der Waals surface area (Å²) in [6.45, 7) is 0. The van der Waals surface area contributed by atoms with Crippen LogP contribution in [0.15, 0.2) is 36.8 Å². The Labute approximate surface area is 166 Å². The van der Waals surface area contributed by atoms with Crippen LogP contribution in [0.4, 0.5) is 23.1 Å². The van der Waals surface area contributed by atoms with Gasteiger partial charge in [0.1, 0.15) is 17.4 Å². The minimum Gasteiger partial charge on any atom is -0.393 e. The third kappa shape index (κ3) is 4.06. The van der Waals surface area contributed by atoms with E-state index in [0.29, 0.717) is 28.5 Å². The molecule has 0 bridgehead atoms. The standard InChI is InChI=1S/C19H21N7O3/c1-25(13-5-7-15(27)8-6-13)19-20-10-16-17(24-19)18(22-11-21-16)23-12-3-2-4-14(9-12)26(28)29/h2-4,9-11,13,15,27H,5-8H2,1H3,(H,21,22,23)/t13-,15-. The van der Waals surface area contributed by atoms with Crippen molar-refractivity contribution in [1.82, 2.24) is 19.9 Å². The monoisotopic (exact) mass is 395 g/mol. The number of nitrogens with one attached hydrogen (secondary N) is 1. The SMILES string of the molecule is CN(c1ncc2ncnc(Nc3cccc([N+](=O)[O-])c3)c2n1)[C@H]1CC[C@H](O)CC1. The van der Waals surface area contributed by atoms with Gasteiger partial charge in [0, 0.05) is 30.9 Å². The van der Waals surface area contributed by atoms with Crippen LogP contribution in [-0.2, 0) is 0 Å². The van der Waals surface area contributed by atoms with E-state index in [2.05, 4.69) is 25.3 Å². The van der Waals surface area contributed by atoms with Crippen molar-refractivity contribution in [2.45, 2.75) is 37.8 Å². The van der Waals surface area contributed by atoms with Gasteiger partial charge in [-0.05, 0) is 31.7 Å². The number of non-ortho nitro benzene ring substituents is 1. The maximum Gasteiger partial charge on any atom is 0.271 e. The Hall–Kier alpha value is -3.40. The molecular formula is C19H21N7O3. The summed E-state index contributed by atoms with van der Waals surface area (Å²) in [5.74, 6) is 1.00. The Morgan fingerprint density at radius 1 is 1.21 bits per heavy atom. The molecule has 29 heavy (non-hydrogen) atoms. The normalized spacial score (nSPS) is 19.1. The molecule has 2 heterocycles. The van der Waals surface area contributed by atoms with Crippen molar-refractivity contribution in [2.24, 2.45) is 0 Å². The number of anilines is 3. The molecule has 0 spiro atoms. The molecule has 1 aromatic carbocycles. The highest BCUT2D eigenvalue weighted by atomic mass is 16.6. The number of nitrogens with zero attached hydrogens (tertiary/aromatic N) is 6.